The molecule has 0 spiro atoms. The fourth-order valence-electron chi connectivity index (χ4n) is 2.77. The molecule has 0 saturated carbocycles. The number of rotatable bonds is 8. The predicted molar refractivity (Wildman–Crippen MR) is 123 cm³/mol. The Morgan fingerprint density at radius 2 is 2.00 bits per heavy atom. The van der Waals surface area contributed by atoms with Gasteiger partial charge < -0.3 is 9.47 Å². The molecule has 2 aromatic rings. The molecular formula is C22H20ClNO4S2. The quantitative estimate of drug-likeness (QED) is 0.310. The molecule has 0 bridgehead atoms. The molecule has 5 nitrogen and oxygen atoms in total. The van der Waals surface area contributed by atoms with Crippen molar-refractivity contribution in [3.05, 3.63) is 69.6 Å². The highest BCUT2D eigenvalue weighted by Crippen LogP contribution is 2.33. The zero-order valence-corrected chi connectivity index (χ0v) is 18.7. The van der Waals surface area contributed by atoms with Gasteiger partial charge in [0.15, 0.2) is 0 Å². The minimum Gasteiger partial charge on any atom is -0.489 e. The highest BCUT2D eigenvalue weighted by molar-refractivity contribution is 8.26. The lowest BCUT2D eigenvalue weighted by atomic mass is 10.2. The number of thioether (sulfide) groups is 1. The SMILES string of the molecule is COC(=O)CCCN1C(=O)/C(=C\c2cccc(OCc3ccc(Cl)cc3)c2)SC1=S. The van der Waals surface area contributed by atoms with Gasteiger partial charge in [-0.3, -0.25) is 14.5 Å². The molecule has 0 aromatic heterocycles. The molecular weight excluding hydrogens is 442 g/mol. The summed E-state index contributed by atoms with van der Waals surface area (Å²) >= 11 is 12.5. The first-order chi connectivity index (χ1) is 14.5. The maximum Gasteiger partial charge on any atom is 0.305 e. The largest absolute Gasteiger partial charge is 0.489 e. The van der Waals surface area contributed by atoms with Crippen molar-refractivity contribution in [3.8, 4) is 5.75 Å². The first kappa shape index (κ1) is 22.3. The lowest BCUT2D eigenvalue weighted by Gasteiger charge is -2.13. The smallest absolute Gasteiger partial charge is 0.305 e. The van der Waals surface area contributed by atoms with Gasteiger partial charge >= 0.3 is 5.97 Å². The normalized spacial score (nSPS) is 15.0. The topological polar surface area (TPSA) is 55.8 Å². The van der Waals surface area contributed by atoms with Crippen LogP contribution in [-0.2, 0) is 20.9 Å². The van der Waals surface area contributed by atoms with Crippen LogP contribution < -0.4 is 4.74 Å². The van der Waals surface area contributed by atoms with E-state index in [0.29, 0.717) is 39.6 Å². The first-order valence-electron chi connectivity index (χ1n) is 9.26. The highest BCUT2D eigenvalue weighted by Gasteiger charge is 2.31. The van der Waals surface area contributed by atoms with E-state index < -0.39 is 0 Å². The fourth-order valence-corrected chi connectivity index (χ4v) is 4.20. The summed E-state index contributed by atoms with van der Waals surface area (Å²) in [6.45, 7) is 0.810. The Balaban J connectivity index is 1.62. The molecule has 1 fully saturated rings. The van der Waals surface area contributed by atoms with Crippen molar-refractivity contribution in [3.63, 3.8) is 0 Å². The van der Waals surface area contributed by atoms with Crippen LogP contribution in [0.3, 0.4) is 0 Å². The van der Waals surface area contributed by atoms with Crippen LogP contribution in [0.4, 0.5) is 0 Å². The second-order valence-corrected chi connectivity index (χ2v) is 8.61. The lowest BCUT2D eigenvalue weighted by Crippen LogP contribution is -2.29. The van der Waals surface area contributed by atoms with Gasteiger partial charge in [0.2, 0.25) is 0 Å². The van der Waals surface area contributed by atoms with Crippen molar-refractivity contribution < 1.29 is 19.1 Å². The Labute approximate surface area is 190 Å². The lowest BCUT2D eigenvalue weighted by molar-refractivity contribution is -0.141. The first-order valence-corrected chi connectivity index (χ1v) is 10.9. The number of hydrogen-bond donors (Lipinski definition) is 0. The van der Waals surface area contributed by atoms with E-state index in [1.807, 2.05) is 48.5 Å². The van der Waals surface area contributed by atoms with Crippen molar-refractivity contribution in [1.29, 1.82) is 0 Å². The molecule has 0 radical (unpaired) electrons. The van der Waals surface area contributed by atoms with Crippen molar-refractivity contribution >= 4 is 57.9 Å². The average molecular weight is 462 g/mol. The van der Waals surface area contributed by atoms with Gasteiger partial charge in [-0.05, 0) is 47.9 Å². The number of esters is 1. The molecule has 1 heterocycles. The van der Waals surface area contributed by atoms with Crippen molar-refractivity contribution in [2.45, 2.75) is 19.4 Å². The number of carbonyl (C=O) groups excluding carboxylic acids is 2. The molecule has 1 saturated heterocycles. The summed E-state index contributed by atoms with van der Waals surface area (Å²) in [6, 6.07) is 15.0. The van der Waals surface area contributed by atoms with E-state index in [2.05, 4.69) is 4.74 Å². The third-order valence-electron chi connectivity index (χ3n) is 4.34. The van der Waals surface area contributed by atoms with Gasteiger partial charge in [0.1, 0.15) is 16.7 Å². The Morgan fingerprint density at radius 3 is 2.73 bits per heavy atom. The van der Waals surface area contributed by atoms with Crippen LogP contribution in [0.15, 0.2) is 53.4 Å². The molecule has 0 unspecified atom stereocenters. The molecule has 3 rings (SSSR count). The zero-order chi connectivity index (χ0) is 21.5. The van der Waals surface area contributed by atoms with E-state index in [0.717, 1.165) is 11.1 Å². The van der Waals surface area contributed by atoms with Crippen LogP contribution >= 0.6 is 35.6 Å². The number of ether oxygens (including phenoxy) is 2. The number of methoxy groups -OCH3 is 1. The standard InChI is InChI=1S/C22H20ClNO4S2/c1-27-20(25)6-3-11-24-21(26)19(30-22(24)29)13-16-4-2-5-18(12-16)28-14-15-7-9-17(23)10-8-15/h2,4-5,7-10,12-13H,3,6,11,14H2,1H3/b19-13+. The third kappa shape index (κ3) is 6.08. The molecule has 156 valence electrons. The van der Waals surface area contributed by atoms with Crippen LogP contribution in [0, 0.1) is 0 Å². The van der Waals surface area contributed by atoms with Crippen molar-refractivity contribution in [1.82, 2.24) is 4.90 Å². The van der Waals surface area contributed by atoms with Crippen LogP contribution in [0.2, 0.25) is 5.02 Å². The summed E-state index contributed by atoms with van der Waals surface area (Å²) in [7, 11) is 1.35. The predicted octanol–water partition coefficient (Wildman–Crippen LogP) is 5.07. The van der Waals surface area contributed by atoms with E-state index in [1.54, 1.807) is 6.08 Å². The van der Waals surface area contributed by atoms with Crippen LogP contribution in [0.1, 0.15) is 24.0 Å². The molecule has 0 aliphatic carbocycles. The van der Waals surface area contributed by atoms with E-state index in [-0.39, 0.29) is 18.3 Å². The number of carbonyl (C=O) groups is 2. The van der Waals surface area contributed by atoms with Gasteiger partial charge in [0.25, 0.3) is 5.91 Å². The monoisotopic (exact) mass is 461 g/mol. The maximum atomic E-state index is 12.7. The Kier molecular flexibility index (Phi) is 7.90. The average Bonchev–Trinajstić information content (AvgIpc) is 3.00. The molecule has 0 N–H and O–H groups in total. The number of hydrogen-bond acceptors (Lipinski definition) is 6. The van der Waals surface area contributed by atoms with Crippen LogP contribution in [0.5, 0.6) is 5.75 Å². The van der Waals surface area contributed by atoms with E-state index in [1.165, 1.54) is 23.8 Å². The van der Waals surface area contributed by atoms with Gasteiger partial charge in [0.05, 0.1) is 12.0 Å². The van der Waals surface area contributed by atoms with Gasteiger partial charge in [-0.2, -0.15) is 0 Å². The second-order valence-electron chi connectivity index (χ2n) is 6.50. The summed E-state index contributed by atoms with van der Waals surface area (Å²) < 4.78 is 11.0. The minimum atomic E-state index is -0.300. The summed E-state index contributed by atoms with van der Waals surface area (Å²) in [4.78, 5) is 26.0. The minimum absolute atomic E-state index is 0.151. The Morgan fingerprint density at radius 1 is 1.23 bits per heavy atom. The van der Waals surface area contributed by atoms with Gasteiger partial charge in [-0.1, -0.05) is 59.8 Å². The fraction of sp³-hybridized carbons (Fsp3) is 0.227. The van der Waals surface area contributed by atoms with E-state index in [4.69, 9.17) is 28.6 Å². The number of amides is 1. The molecule has 8 heteroatoms. The van der Waals surface area contributed by atoms with Crippen molar-refractivity contribution in [2.75, 3.05) is 13.7 Å². The van der Waals surface area contributed by atoms with Crippen LogP contribution in [-0.4, -0.2) is 34.8 Å². The van der Waals surface area contributed by atoms with Gasteiger partial charge in [-0.25, -0.2) is 0 Å². The molecule has 30 heavy (non-hydrogen) atoms. The Hall–Kier alpha value is -2.35. The van der Waals surface area contributed by atoms with E-state index in [9.17, 15) is 9.59 Å². The number of benzene rings is 2. The number of nitrogens with zero attached hydrogens (tertiary/aromatic N) is 1. The number of halogens is 1. The van der Waals surface area contributed by atoms with Gasteiger partial charge in [0, 0.05) is 18.0 Å². The highest BCUT2D eigenvalue weighted by atomic mass is 35.5. The van der Waals surface area contributed by atoms with E-state index >= 15 is 0 Å². The van der Waals surface area contributed by atoms with Crippen molar-refractivity contribution in [2.24, 2.45) is 0 Å². The number of thiocarbonyl (C=S) groups is 1. The zero-order valence-electron chi connectivity index (χ0n) is 16.3. The maximum absolute atomic E-state index is 12.7. The molecule has 1 aliphatic heterocycles. The molecule has 1 aliphatic rings. The molecule has 2 aromatic carbocycles. The second kappa shape index (κ2) is 10.6. The molecule has 1 amide bonds. The summed E-state index contributed by atoms with van der Waals surface area (Å²) in [5.41, 5.74) is 1.86. The van der Waals surface area contributed by atoms with Gasteiger partial charge in [-0.15, -0.1) is 0 Å². The van der Waals surface area contributed by atoms with Crippen LogP contribution in [0.25, 0.3) is 6.08 Å². The summed E-state index contributed by atoms with van der Waals surface area (Å²) in [5, 5.41) is 0.684. The Bertz CT molecular complexity index is 975. The summed E-state index contributed by atoms with van der Waals surface area (Å²) in [6.07, 6.45) is 2.55. The molecule has 0 atom stereocenters. The third-order valence-corrected chi connectivity index (χ3v) is 5.97. The summed E-state index contributed by atoms with van der Waals surface area (Å²) in [5.74, 6) is 0.251.